The predicted octanol–water partition coefficient (Wildman–Crippen LogP) is 5.13. The van der Waals surface area contributed by atoms with Gasteiger partial charge in [0.15, 0.2) is 0 Å². The lowest BCUT2D eigenvalue weighted by molar-refractivity contribution is 0.255. The minimum Gasteiger partial charge on any atom is -0.489 e. The van der Waals surface area contributed by atoms with E-state index < -0.39 is 0 Å². The molecule has 0 saturated heterocycles. The van der Waals surface area contributed by atoms with Gasteiger partial charge in [0, 0.05) is 0 Å². The Morgan fingerprint density at radius 2 is 1.62 bits per heavy atom. The summed E-state index contributed by atoms with van der Waals surface area (Å²) in [6.07, 6.45) is 5.32. The van der Waals surface area contributed by atoms with Crippen molar-refractivity contribution in [1.29, 1.82) is 0 Å². The summed E-state index contributed by atoms with van der Waals surface area (Å²) in [5.41, 5.74) is 8.67. The SMILES string of the molecule is CC1CCC(C(CN)c2ccc(OCc3ccccc3)cc2)CC1. The molecular formula is C22H29NO. The van der Waals surface area contributed by atoms with Gasteiger partial charge in [-0.3, -0.25) is 0 Å². The Morgan fingerprint density at radius 3 is 2.25 bits per heavy atom. The van der Waals surface area contributed by atoms with Crippen LogP contribution in [0.2, 0.25) is 0 Å². The Kier molecular flexibility index (Phi) is 5.92. The monoisotopic (exact) mass is 323 g/mol. The van der Waals surface area contributed by atoms with Gasteiger partial charge in [0.05, 0.1) is 0 Å². The van der Waals surface area contributed by atoms with E-state index in [1.807, 2.05) is 18.2 Å². The topological polar surface area (TPSA) is 35.2 Å². The van der Waals surface area contributed by atoms with E-state index in [0.29, 0.717) is 12.5 Å². The van der Waals surface area contributed by atoms with Crippen molar-refractivity contribution in [1.82, 2.24) is 0 Å². The Balaban J connectivity index is 1.60. The van der Waals surface area contributed by atoms with Gasteiger partial charge in [-0.1, -0.05) is 62.2 Å². The normalized spacial score (nSPS) is 22.1. The molecule has 2 nitrogen and oxygen atoms in total. The minimum absolute atomic E-state index is 0.487. The van der Waals surface area contributed by atoms with Crippen LogP contribution >= 0.6 is 0 Å². The van der Waals surface area contributed by atoms with E-state index >= 15 is 0 Å². The van der Waals surface area contributed by atoms with E-state index in [0.717, 1.165) is 24.1 Å². The molecule has 1 unspecified atom stereocenters. The third-order valence-corrected chi connectivity index (χ3v) is 5.44. The lowest BCUT2D eigenvalue weighted by Crippen LogP contribution is -2.25. The van der Waals surface area contributed by atoms with E-state index in [4.69, 9.17) is 10.5 Å². The predicted molar refractivity (Wildman–Crippen MR) is 100 cm³/mol. The Hall–Kier alpha value is -1.80. The maximum Gasteiger partial charge on any atom is 0.119 e. The minimum atomic E-state index is 0.487. The second-order valence-electron chi connectivity index (χ2n) is 7.21. The van der Waals surface area contributed by atoms with Crippen molar-refractivity contribution < 1.29 is 4.74 Å². The van der Waals surface area contributed by atoms with Gasteiger partial charge in [-0.15, -0.1) is 0 Å². The fraction of sp³-hybridized carbons (Fsp3) is 0.455. The fourth-order valence-electron chi connectivity index (χ4n) is 3.84. The van der Waals surface area contributed by atoms with Gasteiger partial charge in [0.2, 0.25) is 0 Å². The van der Waals surface area contributed by atoms with Crippen LogP contribution in [0.25, 0.3) is 0 Å². The van der Waals surface area contributed by atoms with Crippen molar-refractivity contribution in [3.8, 4) is 5.75 Å². The molecule has 0 aliphatic heterocycles. The zero-order chi connectivity index (χ0) is 16.8. The molecule has 1 atom stereocenters. The summed E-state index contributed by atoms with van der Waals surface area (Å²) >= 11 is 0. The first-order chi connectivity index (χ1) is 11.8. The van der Waals surface area contributed by atoms with E-state index in [2.05, 4.69) is 43.3 Å². The number of rotatable bonds is 6. The highest BCUT2D eigenvalue weighted by Gasteiger charge is 2.26. The first-order valence-corrected chi connectivity index (χ1v) is 9.23. The van der Waals surface area contributed by atoms with Crippen LogP contribution in [0.15, 0.2) is 54.6 Å². The molecule has 0 radical (unpaired) electrons. The maximum absolute atomic E-state index is 6.11. The zero-order valence-corrected chi connectivity index (χ0v) is 14.7. The third-order valence-electron chi connectivity index (χ3n) is 5.44. The highest BCUT2D eigenvalue weighted by molar-refractivity contribution is 5.30. The van der Waals surface area contributed by atoms with E-state index in [9.17, 15) is 0 Å². The van der Waals surface area contributed by atoms with Crippen LogP contribution in [0.3, 0.4) is 0 Å². The highest BCUT2D eigenvalue weighted by atomic mass is 16.5. The van der Waals surface area contributed by atoms with Gasteiger partial charge in [-0.25, -0.2) is 0 Å². The van der Waals surface area contributed by atoms with Gasteiger partial charge < -0.3 is 10.5 Å². The van der Waals surface area contributed by atoms with Crippen molar-refractivity contribution in [2.45, 2.75) is 45.1 Å². The summed E-state index contributed by atoms with van der Waals surface area (Å²) < 4.78 is 5.89. The van der Waals surface area contributed by atoms with Crippen LogP contribution < -0.4 is 10.5 Å². The quantitative estimate of drug-likeness (QED) is 0.799. The second-order valence-corrected chi connectivity index (χ2v) is 7.21. The first kappa shape index (κ1) is 17.0. The molecule has 0 heterocycles. The average molecular weight is 323 g/mol. The molecule has 0 spiro atoms. The molecule has 24 heavy (non-hydrogen) atoms. The van der Waals surface area contributed by atoms with Crippen LogP contribution in [0.4, 0.5) is 0 Å². The van der Waals surface area contributed by atoms with Gasteiger partial charge in [0.25, 0.3) is 0 Å². The molecular weight excluding hydrogens is 294 g/mol. The van der Waals surface area contributed by atoms with Crippen LogP contribution in [0.5, 0.6) is 5.75 Å². The highest BCUT2D eigenvalue weighted by Crippen LogP contribution is 2.38. The van der Waals surface area contributed by atoms with Crippen molar-refractivity contribution >= 4 is 0 Å². The molecule has 2 N–H and O–H groups in total. The number of nitrogens with two attached hydrogens (primary N) is 1. The van der Waals surface area contributed by atoms with Gasteiger partial charge >= 0.3 is 0 Å². The van der Waals surface area contributed by atoms with E-state index in [-0.39, 0.29) is 0 Å². The largest absolute Gasteiger partial charge is 0.489 e. The number of benzene rings is 2. The summed E-state index contributed by atoms with van der Waals surface area (Å²) in [6, 6.07) is 18.9. The smallest absolute Gasteiger partial charge is 0.119 e. The van der Waals surface area contributed by atoms with Crippen molar-refractivity contribution in [3.05, 3.63) is 65.7 Å². The number of hydrogen-bond acceptors (Lipinski definition) is 2. The Labute approximate surface area is 146 Å². The number of hydrogen-bond donors (Lipinski definition) is 1. The third kappa shape index (κ3) is 4.39. The molecule has 0 amide bonds. The molecule has 2 aromatic carbocycles. The first-order valence-electron chi connectivity index (χ1n) is 9.23. The van der Waals surface area contributed by atoms with Gasteiger partial charge in [-0.2, -0.15) is 0 Å². The van der Waals surface area contributed by atoms with Crippen LogP contribution in [-0.2, 0) is 6.61 Å². The van der Waals surface area contributed by atoms with Crippen molar-refractivity contribution in [3.63, 3.8) is 0 Å². The van der Waals surface area contributed by atoms with Crippen molar-refractivity contribution in [2.24, 2.45) is 17.6 Å². The van der Waals surface area contributed by atoms with Crippen LogP contribution in [0, 0.1) is 11.8 Å². The lowest BCUT2D eigenvalue weighted by atomic mass is 9.74. The summed E-state index contributed by atoms with van der Waals surface area (Å²) in [6.45, 7) is 3.72. The standard InChI is InChI=1S/C22H29NO/c1-17-7-9-19(10-8-17)22(15-23)20-11-13-21(14-12-20)24-16-18-5-3-2-4-6-18/h2-6,11-14,17,19,22H,7-10,15-16,23H2,1H3. The van der Waals surface area contributed by atoms with Crippen LogP contribution in [0.1, 0.15) is 49.7 Å². The lowest BCUT2D eigenvalue weighted by Gasteiger charge is -2.32. The summed E-state index contributed by atoms with van der Waals surface area (Å²) in [5, 5.41) is 0. The maximum atomic E-state index is 6.11. The summed E-state index contributed by atoms with van der Waals surface area (Å²) in [7, 11) is 0. The molecule has 2 aromatic rings. The molecule has 3 rings (SSSR count). The van der Waals surface area contributed by atoms with E-state index in [1.165, 1.54) is 36.8 Å². The van der Waals surface area contributed by atoms with Gasteiger partial charge in [-0.05, 0) is 60.4 Å². The molecule has 1 aliphatic carbocycles. The molecule has 1 fully saturated rings. The Morgan fingerprint density at radius 1 is 0.958 bits per heavy atom. The summed E-state index contributed by atoms with van der Waals surface area (Å²) in [4.78, 5) is 0. The zero-order valence-electron chi connectivity index (χ0n) is 14.7. The average Bonchev–Trinajstić information content (AvgIpc) is 2.64. The molecule has 0 bridgehead atoms. The van der Waals surface area contributed by atoms with E-state index in [1.54, 1.807) is 0 Å². The van der Waals surface area contributed by atoms with Gasteiger partial charge in [0.1, 0.15) is 12.4 Å². The van der Waals surface area contributed by atoms with Crippen molar-refractivity contribution in [2.75, 3.05) is 6.54 Å². The molecule has 128 valence electrons. The fourth-order valence-corrected chi connectivity index (χ4v) is 3.84. The number of ether oxygens (including phenoxy) is 1. The molecule has 1 saturated carbocycles. The second kappa shape index (κ2) is 8.34. The Bertz CT molecular complexity index is 600. The molecule has 2 heteroatoms. The summed E-state index contributed by atoms with van der Waals surface area (Å²) in [5.74, 6) is 3.03. The molecule has 1 aliphatic rings. The molecule has 0 aromatic heterocycles. The van der Waals surface area contributed by atoms with Crippen LogP contribution in [-0.4, -0.2) is 6.54 Å².